The summed E-state index contributed by atoms with van der Waals surface area (Å²) in [6, 6.07) is 19.6. The highest BCUT2D eigenvalue weighted by molar-refractivity contribution is 5.94. The van der Waals surface area contributed by atoms with Gasteiger partial charge in [-0.05, 0) is 35.9 Å². The molecular formula is C20H19NO4. The molecule has 3 aromatic rings. The molecule has 0 spiro atoms. The van der Waals surface area contributed by atoms with Crippen LogP contribution in [0.15, 0.2) is 77.4 Å². The summed E-state index contributed by atoms with van der Waals surface area (Å²) in [6.07, 6.45) is 1.50. The summed E-state index contributed by atoms with van der Waals surface area (Å²) in [5, 5.41) is 12.2. The first-order valence-electron chi connectivity index (χ1n) is 7.98. The van der Waals surface area contributed by atoms with E-state index in [1.165, 1.54) is 6.26 Å². The number of aliphatic hydroxyl groups is 1. The van der Waals surface area contributed by atoms with Crippen LogP contribution in [0.5, 0.6) is 5.75 Å². The Balaban J connectivity index is 1.65. The Hall–Kier alpha value is -3.05. The van der Waals surface area contributed by atoms with Gasteiger partial charge in [0, 0.05) is 5.56 Å². The van der Waals surface area contributed by atoms with Crippen LogP contribution < -0.4 is 10.1 Å². The molecule has 0 radical (unpaired) electrons. The SMILES string of the molecule is O=C(NC(CO)c1ccco1)c1cccc(OCc2ccccc2)c1. The van der Waals surface area contributed by atoms with Crippen LogP contribution in [0.1, 0.15) is 27.7 Å². The van der Waals surface area contributed by atoms with E-state index in [9.17, 15) is 9.90 Å². The van der Waals surface area contributed by atoms with Crippen molar-refractivity contribution in [3.63, 3.8) is 0 Å². The van der Waals surface area contributed by atoms with Crippen molar-refractivity contribution < 1.29 is 19.1 Å². The summed E-state index contributed by atoms with van der Waals surface area (Å²) in [4.78, 5) is 12.4. The zero-order valence-electron chi connectivity index (χ0n) is 13.6. The molecule has 25 heavy (non-hydrogen) atoms. The molecule has 128 valence electrons. The first kappa shape index (κ1) is 16.8. The highest BCUT2D eigenvalue weighted by Crippen LogP contribution is 2.17. The molecule has 5 nitrogen and oxygen atoms in total. The molecule has 2 aromatic carbocycles. The Morgan fingerprint density at radius 3 is 2.64 bits per heavy atom. The monoisotopic (exact) mass is 337 g/mol. The highest BCUT2D eigenvalue weighted by Gasteiger charge is 2.17. The van der Waals surface area contributed by atoms with Crippen LogP contribution in [0.4, 0.5) is 0 Å². The lowest BCUT2D eigenvalue weighted by molar-refractivity contribution is 0.0907. The molecule has 0 aliphatic carbocycles. The number of hydrogen-bond donors (Lipinski definition) is 2. The standard InChI is InChI=1S/C20H19NO4/c22-13-18(19-10-5-11-24-19)21-20(23)16-8-4-9-17(12-16)25-14-15-6-2-1-3-7-15/h1-12,18,22H,13-14H2,(H,21,23). The predicted molar refractivity (Wildman–Crippen MR) is 93.2 cm³/mol. The van der Waals surface area contributed by atoms with E-state index < -0.39 is 6.04 Å². The minimum atomic E-state index is -0.587. The summed E-state index contributed by atoms with van der Waals surface area (Å²) in [5.41, 5.74) is 1.51. The van der Waals surface area contributed by atoms with E-state index in [4.69, 9.17) is 9.15 Å². The molecule has 1 unspecified atom stereocenters. The number of rotatable bonds is 7. The number of furan rings is 1. The quantitative estimate of drug-likeness (QED) is 0.694. The van der Waals surface area contributed by atoms with Crippen molar-refractivity contribution in [1.82, 2.24) is 5.32 Å². The lowest BCUT2D eigenvalue weighted by Gasteiger charge is -2.14. The van der Waals surface area contributed by atoms with Crippen LogP contribution in [0.3, 0.4) is 0 Å². The molecule has 0 fully saturated rings. The van der Waals surface area contributed by atoms with Gasteiger partial charge in [0.2, 0.25) is 0 Å². The zero-order chi connectivity index (χ0) is 17.5. The molecule has 2 N–H and O–H groups in total. The molecule has 5 heteroatoms. The van der Waals surface area contributed by atoms with E-state index in [0.717, 1.165) is 5.56 Å². The fourth-order valence-corrected chi connectivity index (χ4v) is 2.41. The van der Waals surface area contributed by atoms with Crippen molar-refractivity contribution in [3.05, 3.63) is 89.9 Å². The van der Waals surface area contributed by atoms with E-state index in [2.05, 4.69) is 5.32 Å². The summed E-state index contributed by atoms with van der Waals surface area (Å²) in [6.45, 7) is 0.182. The molecule has 0 saturated carbocycles. The molecule has 0 bridgehead atoms. The van der Waals surface area contributed by atoms with Gasteiger partial charge in [-0.3, -0.25) is 4.79 Å². The Kier molecular flexibility index (Phi) is 5.49. The molecule has 0 saturated heterocycles. The zero-order valence-corrected chi connectivity index (χ0v) is 13.6. The van der Waals surface area contributed by atoms with Crippen LogP contribution in [0, 0.1) is 0 Å². The number of amides is 1. The second-order valence-electron chi connectivity index (χ2n) is 5.53. The minimum absolute atomic E-state index is 0.247. The van der Waals surface area contributed by atoms with Crippen LogP contribution in [-0.2, 0) is 6.61 Å². The number of carbonyl (C=O) groups is 1. The molecule has 0 aliphatic rings. The lowest BCUT2D eigenvalue weighted by Crippen LogP contribution is -2.30. The number of nitrogens with one attached hydrogen (secondary N) is 1. The van der Waals surface area contributed by atoms with Gasteiger partial charge in [0.25, 0.3) is 5.91 Å². The van der Waals surface area contributed by atoms with Gasteiger partial charge in [0.05, 0.1) is 12.9 Å². The summed E-state index contributed by atoms with van der Waals surface area (Å²) in [5.74, 6) is 0.808. The summed E-state index contributed by atoms with van der Waals surface area (Å²) >= 11 is 0. The third-order valence-corrected chi connectivity index (χ3v) is 3.72. The largest absolute Gasteiger partial charge is 0.489 e. The van der Waals surface area contributed by atoms with Gasteiger partial charge in [-0.25, -0.2) is 0 Å². The second kappa shape index (κ2) is 8.17. The smallest absolute Gasteiger partial charge is 0.252 e. The van der Waals surface area contributed by atoms with Gasteiger partial charge < -0.3 is 19.6 Å². The number of benzene rings is 2. The van der Waals surface area contributed by atoms with Crippen LogP contribution in [0.25, 0.3) is 0 Å². The lowest BCUT2D eigenvalue weighted by atomic mass is 10.1. The third kappa shape index (κ3) is 4.49. The third-order valence-electron chi connectivity index (χ3n) is 3.72. The summed E-state index contributed by atoms with van der Waals surface area (Å²) < 4.78 is 11.0. The first-order valence-corrected chi connectivity index (χ1v) is 7.98. The number of hydrogen-bond acceptors (Lipinski definition) is 4. The van der Waals surface area contributed by atoms with Gasteiger partial charge in [0.15, 0.2) is 0 Å². The van der Waals surface area contributed by atoms with Gasteiger partial charge in [-0.15, -0.1) is 0 Å². The van der Waals surface area contributed by atoms with E-state index >= 15 is 0 Å². The molecular weight excluding hydrogens is 318 g/mol. The van der Waals surface area contributed by atoms with Crippen molar-refractivity contribution in [2.24, 2.45) is 0 Å². The van der Waals surface area contributed by atoms with Crippen LogP contribution in [-0.4, -0.2) is 17.6 Å². The number of ether oxygens (including phenoxy) is 1. The molecule has 1 aromatic heterocycles. The fourth-order valence-electron chi connectivity index (χ4n) is 2.41. The average molecular weight is 337 g/mol. The van der Waals surface area contributed by atoms with Crippen molar-refractivity contribution in [2.45, 2.75) is 12.6 Å². The summed E-state index contributed by atoms with van der Waals surface area (Å²) in [7, 11) is 0. The minimum Gasteiger partial charge on any atom is -0.489 e. The molecule has 3 rings (SSSR count). The maximum Gasteiger partial charge on any atom is 0.252 e. The maximum absolute atomic E-state index is 12.4. The van der Waals surface area contributed by atoms with Gasteiger partial charge >= 0.3 is 0 Å². The van der Waals surface area contributed by atoms with Gasteiger partial charge in [0.1, 0.15) is 24.2 Å². The Morgan fingerprint density at radius 2 is 1.92 bits per heavy atom. The van der Waals surface area contributed by atoms with Gasteiger partial charge in [-0.1, -0.05) is 36.4 Å². The Bertz CT molecular complexity index is 800. The highest BCUT2D eigenvalue weighted by atomic mass is 16.5. The van der Waals surface area contributed by atoms with E-state index in [1.54, 1.807) is 36.4 Å². The number of aliphatic hydroxyl groups excluding tert-OH is 1. The van der Waals surface area contributed by atoms with Crippen molar-refractivity contribution in [1.29, 1.82) is 0 Å². The second-order valence-corrected chi connectivity index (χ2v) is 5.53. The van der Waals surface area contributed by atoms with Gasteiger partial charge in [-0.2, -0.15) is 0 Å². The van der Waals surface area contributed by atoms with Crippen LogP contribution in [0.2, 0.25) is 0 Å². The van der Waals surface area contributed by atoms with E-state index in [0.29, 0.717) is 23.7 Å². The fraction of sp³-hybridized carbons (Fsp3) is 0.150. The van der Waals surface area contributed by atoms with E-state index in [-0.39, 0.29) is 12.5 Å². The van der Waals surface area contributed by atoms with Crippen molar-refractivity contribution >= 4 is 5.91 Å². The Labute approximate surface area is 145 Å². The van der Waals surface area contributed by atoms with Crippen molar-refractivity contribution in [2.75, 3.05) is 6.61 Å². The molecule has 1 amide bonds. The predicted octanol–water partition coefficient (Wildman–Crippen LogP) is 3.32. The normalized spacial score (nSPS) is 11.7. The molecule has 1 heterocycles. The first-order chi connectivity index (χ1) is 12.3. The van der Waals surface area contributed by atoms with Crippen LogP contribution >= 0.6 is 0 Å². The Morgan fingerprint density at radius 1 is 1.08 bits per heavy atom. The number of carbonyl (C=O) groups excluding carboxylic acids is 1. The molecule has 1 atom stereocenters. The topological polar surface area (TPSA) is 71.7 Å². The average Bonchev–Trinajstić information content (AvgIpc) is 3.20. The van der Waals surface area contributed by atoms with Crippen molar-refractivity contribution in [3.8, 4) is 5.75 Å². The maximum atomic E-state index is 12.4. The molecule has 0 aliphatic heterocycles. The van der Waals surface area contributed by atoms with E-state index in [1.807, 2.05) is 30.3 Å².